The molecule has 6 heteroatoms. The van der Waals surface area contributed by atoms with Crippen LogP contribution in [0.2, 0.25) is 0 Å². The summed E-state index contributed by atoms with van der Waals surface area (Å²) in [5.41, 5.74) is 2.86. The van der Waals surface area contributed by atoms with Crippen molar-refractivity contribution in [2.45, 2.75) is 25.8 Å². The van der Waals surface area contributed by atoms with Crippen molar-refractivity contribution in [1.82, 2.24) is 4.90 Å². The number of ether oxygens (including phenoxy) is 1. The number of nitrogens with one attached hydrogen (secondary N) is 1. The quantitative estimate of drug-likeness (QED) is 0.847. The molecule has 2 aromatic carbocycles. The van der Waals surface area contributed by atoms with Crippen molar-refractivity contribution in [3.63, 3.8) is 0 Å². The topological polar surface area (TPSA) is 58.6 Å². The SMILES string of the molecule is CCOc1ccc(N[C@H]2SC(=O)N(Cc3ccc(C)cc3)C2=O)cc1. The summed E-state index contributed by atoms with van der Waals surface area (Å²) in [5.74, 6) is 0.556. The molecule has 0 aliphatic carbocycles. The summed E-state index contributed by atoms with van der Waals surface area (Å²) in [4.78, 5) is 26.1. The van der Waals surface area contributed by atoms with Crippen LogP contribution in [0.5, 0.6) is 5.75 Å². The Balaban J connectivity index is 1.65. The van der Waals surface area contributed by atoms with E-state index in [9.17, 15) is 9.59 Å². The molecule has 0 radical (unpaired) electrons. The van der Waals surface area contributed by atoms with E-state index in [1.807, 2.05) is 62.4 Å². The lowest BCUT2D eigenvalue weighted by Gasteiger charge is -2.15. The van der Waals surface area contributed by atoms with Crippen LogP contribution in [0.3, 0.4) is 0 Å². The third kappa shape index (κ3) is 4.14. The Morgan fingerprint density at radius 3 is 2.40 bits per heavy atom. The van der Waals surface area contributed by atoms with Gasteiger partial charge in [-0.25, -0.2) is 0 Å². The van der Waals surface area contributed by atoms with E-state index in [2.05, 4.69) is 5.32 Å². The minimum absolute atomic E-state index is 0.218. The van der Waals surface area contributed by atoms with Gasteiger partial charge < -0.3 is 10.1 Å². The molecule has 1 N–H and O–H groups in total. The lowest BCUT2D eigenvalue weighted by molar-refractivity contribution is -0.126. The monoisotopic (exact) mass is 356 g/mol. The maximum Gasteiger partial charge on any atom is 0.291 e. The minimum Gasteiger partial charge on any atom is -0.494 e. The predicted octanol–water partition coefficient (Wildman–Crippen LogP) is 4.03. The smallest absolute Gasteiger partial charge is 0.291 e. The fourth-order valence-corrected chi connectivity index (χ4v) is 3.43. The number of anilines is 1. The molecule has 3 rings (SSSR count). The van der Waals surface area contributed by atoms with Crippen LogP contribution < -0.4 is 10.1 Å². The molecule has 0 unspecified atom stereocenters. The molecule has 0 bridgehead atoms. The van der Waals surface area contributed by atoms with Crippen LogP contribution in [0, 0.1) is 6.92 Å². The fourth-order valence-electron chi connectivity index (χ4n) is 2.52. The van der Waals surface area contributed by atoms with E-state index in [1.54, 1.807) is 0 Å². The normalized spacial score (nSPS) is 17.0. The molecule has 5 nitrogen and oxygen atoms in total. The Labute approximate surface area is 151 Å². The zero-order valence-corrected chi connectivity index (χ0v) is 15.0. The Kier molecular flexibility index (Phi) is 5.28. The van der Waals surface area contributed by atoms with Crippen molar-refractivity contribution in [2.75, 3.05) is 11.9 Å². The highest BCUT2D eigenvalue weighted by molar-refractivity contribution is 8.15. The summed E-state index contributed by atoms with van der Waals surface area (Å²) >= 11 is 1.01. The van der Waals surface area contributed by atoms with Gasteiger partial charge in [0.25, 0.3) is 11.1 Å². The number of carbonyl (C=O) groups is 2. The highest BCUT2D eigenvalue weighted by Gasteiger charge is 2.39. The van der Waals surface area contributed by atoms with Gasteiger partial charge in [-0.2, -0.15) is 0 Å². The minimum atomic E-state index is -0.601. The second-order valence-corrected chi connectivity index (χ2v) is 6.83. The lowest BCUT2D eigenvalue weighted by atomic mass is 10.1. The summed E-state index contributed by atoms with van der Waals surface area (Å²) in [7, 11) is 0. The lowest BCUT2D eigenvalue weighted by Crippen LogP contribution is -2.33. The summed E-state index contributed by atoms with van der Waals surface area (Å²) in [6.07, 6.45) is 0. The highest BCUT2D eigenvalue weighted by atomic mass is 32.2. The van der Waals surface area contributed by atoms with Crippen molar-refractivity contribution in [3.05, 3.63) is 59.7 Å². The Morgan fingerprint density at radius 1 is 1.08 bits per heavy atom. The van der Waals surface area contributed by atoms with E-state index in [-0.39, 0.29) is 11.1 Å². The maximum absolute atomic E-state index is 12.6. The average molecular weight is 356 g/mol. The van der Waals surface area contributed by atoms with Gasteiger partial charge in [-0.05, 0) is 55.4 Å². The van der Waals surface area contributed by atoms with Crippen molar-refractivity contribution in [1.29, 1.82) is 0 Å². The second kappa shape index (κ2) is 7.61. The Hall–Kier alpha value is -2.47. The zero-order valence-electron chi connectivity index (χ0n) is 14.2. The molecule has 1 aliphatic rings. The second-order valence-electron chi connectivity index (χ2n) is 5.78. The van der Waals surface area contributed by atoms with E-state index in [4.69, 9.17) is 4.74 Å². The van der Waals surface area contributed by atoms with Crippen molar-refractivity contribution in [3.8, 4) is 5.75 Å². The number of imide groups is 1. The number of carbonyl (C=O) groups excluding carboxylic acids is 2. The van der Waals surface area contributed by atoms with E-state index in [0.717, 1.165) is 34.3 Å². The van der Waals surface area contributed by atoms with Gasteiger partial charge in [0.05, 0.1) is 13.2 Å². The van der Waals surface area contributed by atoms with Crippen molar-refractivity contribution < 1.29 is 14.3 Å². The number of amides is 2. The first-order chi connectivity index (χ1) is 12.1. The van der Waals surface area contributed by atoms with Crippen molar-refractivity contribution in [2.24, 2.45) is 0 Å². The zero-order chi connectivity index (χ0) is 17.8. The van der Waals surface area contributed by atoms with E-state index in [1.165, 1.54) is 4.90 Å². The third-order valence-corrected chi connectivity index (χ3v) is 4.83. The molecular formula is C19H20N2O3S. The number of rotatable bonds is 6. The third-order valence-electron chi connectivity index (χ3n) is 3.85. The van der Waals surface area contributed by atoms with Crippen LogP contribution in [-0.4, -0.2) is 28.0 Å². The molecule has 1 saturated heterocycles. The molecule has 1 fully saturated rings. The Morgan fingerprint density at radius 2 is 1.76 bits per heavy atom. The van der Waals surface area contributed by atoms with Crippen molar-refractivity contribution >= 4 is 28.6 Å². The van der Waals surface area contributed by atoms with Crippen LogP contribution >= 0.6 is 11.8 Å². The highest BCUT2D eigenvalue weighted by Crippen LogP contribution is 2.30. The number of hydrogen-bond donors (Lipinski definition) is 1. The predicted molar refractivity (Wildman–Crippen MR) is 99.7 cm³/mol. The first kappa shape index (κ1) is 17.4. The molecule has 25 heavy (non-hydrogen) atoms. The van der Waals surface area contributed by atoms with Gasteiger partial charge in [-0.3, -0.25) is 14.5 Å². The van der Waals surface area contributed by atoms with E-state index >= 15 is 0 Å². The molecule has 2 aromatic rings. The van der Waals surface area contributed by atoms with Crippen LogP contribution in [0.4, 0.5) is 10.5 Å². The Bertz CT molecular complexity index is 759. The van der Waals surface area contributed by atoms with Gasteiger partial charge in [0.15, 0.2) is 5.37 Å². The van der Waals surface area contributed by atoms with Crippen LogP contribution in [0.25, 0.3) is 0 Å². The van der Waals surface area contributed by atoms with Gasteiger partial charge >= 0.3 is 0 Å². The number of thioether (sulfide) groups is 1. The first-order valence-corrected chi connectivity index (χ1v) is 9.01. The first-order valence-electron chi connectivity index (χ1n) is 8.14. The standard InChI is InChI=1S/C19H20N2O3S/c1-3-24-16-10-8-15(9-11-16)20-17-18(22)21(19(23)25-17)12-14-6-4-13(2)5-7-14/h4-11,17,20H,3,12H2,1-2H3/t17-/m0/s1. The molecule has 1 atom stereocenters. The molecule has 0 spiro atoms. The summed E-state index contributed by atoms with van der Waals surface area (Å²) in [5, 5.41) is 2.28. The number of aryl methyl sites for hydroxylation is 1. The summed E-state index contributed by atoms with van der Waals surface area (Å²) < 4.78 is 5.40. The maximum atomic E-state index is 12.6. The molecule has 0 saturated carbocycles. The molecule has 1 heterocycles. The van der Waals surface area contributed by atoms with Gasteiger partial charge in [-0.15, -0.1) is 0 Å². The molecular weight excluding hydrogens is 336 g/mol. The largest absolute Gasteiger partial charge is 0.494 e. The van der Waals surface area contributed by atoms with Gasteiger partial charge in [-0.1, -0.05) is 29.8 Å². The van der Waals surface area contributed by atoms with Gasteiger partial charge in [0.1, 0.15) is 5.75 Å². The van der Waals surface area contributed by atoms with Gasteiger partial charge in [0, 0.05) is 5.69 Å². The molecule has 130 valence electrons. The number of hydrogen-bond acceptors (Lipinski definition) is 5. The van der Waals surface area contributed by atoms with Gasteiger partial charge in [0.2, 0.25) is 0 Å². The molecule has 1 aliphatic heterocycles. The van der Waals surface area contributed by atoms with Crippen LogP contribution in [-0.2, 0) is 11.3 Å². The summed E-state index contributed by atoms with van der Waals surface area (Å²) in [6.45, 7) is 4.83. The molecule has 2 amide bonds. The van der Waals surface area contributed by atoms with Crippen LogP contribution in [0.15, 0.2) is 48.5 Å². The number of benzene rings is 2. The summed E-state index contributed by atoms with van der Waals surface area (Å²) in [6, 6.07) is 15.2. The fraction of sp³-hybridized carbons (Fsp3) is 0.263. The van der Waals surface area contributed by atoms with Crippen LogP contribution in [0.1, 0.15) is 18.1 Å². The average Bonchev–Trinajstić information content (AvgIpc) is 2.86. The van der Waals surface area contributed by atoms with E-state index in [0.29, 0.717) is 13.2 Å². The number of nitrogens with zero attached hydrogens (tertiary/aromatic N) is 1. The molecule has 0 aromatic heterocycles. The van der Waals surface area contributed by atoms with E-state index < -0.39 is 5.37 Å².